The molecule has 0 aliphatic carbocycles. The fourth-order valence-electron chi connectivity index (χ4n) is 10.2. The fraction of sp³-hybridized carbons (Fsp3) is 0.442. The summed E-state index contributed by atoms with van der Waals surface area (Å²) in [6, 6.07) is 10.1. The van der Waals surface area contributed by atoms with E-state index in [1.165, 1.54) is 27.2 Å². The minimum atomic E-state index is -1.99. The highest BCUT2D eigenvalue weighted by molar-refractivity contribution is 6.26. The van der Waals surface area contributed by atoms with Gasteiger partial charge in [-0.1, -0.05) is 64.1 Å². The predicted molar refractivity (Wildman–Crippen MR) is 258 cm³/mol. The van der Waals surface area contributed by atoms with Gasteiger partial charge in [-0.15, -0.1) is 0 Å². The van der Waals surface area contributed by atoms with Gasteiger partial charge in [0, 0.05) is 98.6 Å². The Morgan fingerprint density at radius 1 is 0.985 bits per heavy atom. The van der Waals surface area contributed by atoms with Crippen LogP contribution in [0.15, 0.2) is 77.7 Å². The van der Waals surface area contributed by atoms with E-state index in [-0.39, 0.29) is 50.3 Å². The first-order valence-corrected chi connectivity index (χ1v) is 23.1. The molecule has 360 valence electrons. The van der Waals surface area contributed by atoms with Crippen molar-refractivity contribution < 1.29 is 53.8 Å². The zero-order valence-corrected chi connectivity index (χ0v) is 39.9. The van der Waals surface area contributed by atoms with Crippen molar-refractivity contribution >= 4 is 62.6 Å². The highest BCUT2D eigenvalue weighted by Gasteiger charge is 2.51. The number of phenols is 2. The standard InChI is InChI=1S/C52H61N5O11/c1-26-13-12-14-27(2)50(64)55-42-41-40(56-52(24-54-41)18-19-57(25-52)23-33-21-34-15-10-11-16-35(34)53-22-33)37-38(46(42)62)45(61)31(6)48-39(37)49(63)51(8,68-48)66-20-17-36(65-9)28(3)47(67-32(7)58)30(5)44(60)29(4)43(26)59/h10-17,20-22,24,26,28-30,36,43-44,47,56,59-62H,18-19,23,25H2,1-9H3,(H,55,64)/t26-,28+,29+,30+,36-,43-,44+,47+,51-,52?/m0/s1. The van der Waals surface area contributed by atoms with Crippen LogP contribution in [0.1, 0.15) is 76.4 Å². The van der Waals surface area contributed by atoms with E-state index in [0.717, 1.165) is 16.5 Å². The number of aromatic hydroxyl groups is 2. The first-order chi connectivity index (χ1) is 32.3. The zero-order valence-electron chi connectivity index (χ0n) is 39.9. The van der Waals surface area contributed by atoms with Crippen molar-refractivity contribution in [1.29, 1.82) is 0 Å². The molecule has 10 atom stereocenters. The molecule has 0 radical (unpaired) electrons. The van der Waals surface area contributed by atoms with E-state index in [0.29, 0.717) is 31.7 Å². The number of phenolic OH excluding ortho intramolecular Hbond substituents is 2. The number of para-hydroxylation sites is 1. The van der Waals surface area contributed by atoms with Crippen LogP contribution in [0, 0.1) is 30.6 Å². The van der Waals surface area contributed by atoms with Gasteiger partial charge in [0.05, 0.1) is 52.3 Å². The summed E-state index contributed by atoms with van der Waals surface area (Å²) in [4.78, 5) is 53.3. The molecule has 1 unspecified atom stereocenters. The number of esters is 1. The SMILES string of the molecule is CO[C@H]1C=CO[C@@]2(C)Oc3c(C)c(O)c4c(O)c(c5c(c4c3C2=O)NC2(C=N5)CCN(Cc3cnc4ccccc4c3)C2)NC(=O)C(C)=CC=C[C@H](C)[C@H](O)[C@@H](C)[C@@H](O)[C@@H](C)[C@H](OC(C)=O)[C@@H]1C. The van der Waals surface area contributed by atoms with Crippen LogP contribution < -0.4 is 15.4 Å². The third kappa shape index (κ3) is 8.70. The van der Waals surface area contributed by atoms with E-state index in [1.807, 2.05) is 30.5 Å². The monoisotopic (exact) mass is 931 g/mol. The average Bonchev–Trinajstić information content (AvgIpc) is 3.83. The van der Waals surface area contributed by atoms with Crippen LogP contribution in [0.2, 0.25) is 0 Å². The van der Waals surface area contributed by atoms with Crippen LogP contribution in [-0.4, -0.2) is 110 Å². The highest BCUT2D eigenvalue weighted by Crippen LogP contribution is 2.58. The third-order valence-corrected chi connectivity index (χ3v) is 14.2. The van der Waals surface area contributed by atoms with Crippen molar-refractivity contribution in [3.8, 4) is 17.2 Å². The van der Waals surface area contributed by atoms with Gasteiger partial charge in [-0.3, -0.25) is 29.3 Å². The van der Waals surface area contributed by atoms with Crippen molar-refractivity contribution in [2.75, 3.05) is 30.8 Å². The number of aliphatic hydroxyl groups is 2. The highest BCUT2D eigenvalue weighted by atomic mass is 16.7. The Hall–Kier alpha value is -6.33. The summed E-state index contributed by atoms with van der Waals surface area (Å²) in [6.07, 6.45) is 8.13. The Morgan fingerprint density at radius 2 is 1.74 bits per heavy atom. The van der Waals surface area contributed by atoms with Crippen LogP contribution >= 0.6 is 0 Å². The molecule has 68 heavy (non-hydrogen) atoms. The molecule has 6 N–H and O–H groups in total. The Morgan fingerprint density at radius 3 is 2.47 bits per heavy atom. The number of methoxy groups -OCH3 is 1. The fourth-order valence-corrected chi connectivity index (χ4v) is 10.2. The lowest BCUT2D eigenvalue weighted by Crippen LogP contribution is -2.46. The number of carbonyl (C=O) groups is 3. The number of allylic oxidation sites excluding steroid dienone is 2. The van der Waals surface area contributed by atoms with E-state index in [9.17, 15) is 34.8 Å². The second kappa shape index (κ2) is 18.6. The number of benzene rings is 3. The molecule has 1 fully saturated rings. The molecular formula is C52H61N5O11. The summed E-state index contributed by atoms with van der Waals surface area (Å²) in [5, 5.41) is 54.9. The summed E-state index contributed by atoms with van der Waals surface area (Å²) in [6.45, 7) is 14.7. The maximum atomic E-state index is 15.0. The number of fused-ring (bicyclic) bond motifs is 2. The van der Waals surface area contributed by atoms with Crippen LogP contribution in [0.5, 0.6) is 17.2 Å². The molecule has 4 aliphatic heterocycles. The van der Waals surface area contributed by atoms with E-state index in [4.69, 9.17) is 23.9 Å². The predicted octanol–water partition coefficient (Wildman–Crippen LogP) is 7.37. The average molecular weight is 932 g/mol. The van der Waals surface area contributed by atoms with Crippen LogP contribution in [-0.2, 0) is 30.3 Å². The number of aromatic nitrogens is 1. The van der Waals surface area contributed by atoms with E-state index >= 15 is 0 Å². The van der Waals surface area contributed by atoms with Gasteiger partial charge in [0.25, 0.3) is 11.7 Å². The molecule has 1 saturated heterocycles. The molecule has 4 aliphatic rings. The van der Waals surface area contributed by atoms with E-state index in [2.05, 4.69) is 26.6 Å². The number of likely N-dealkylation sites (tertiary alicyclic amines) is 1. The quantitative estimate of drug-likeness (QED) is 0.0669. The normalized spacial score (nSPS) is 30.0. The van der Waals surface area contributed by atoms with Gasteiger partial charge in [0.1, 0.15) is 29.0 Å². The van der Waals surface area contributed by atoms with Crippen molar-refractivity contribution in [2.45, 2.75) is 104 Å². The number of Topliss-reactive ketones (excluding diaryl/α,β-unsaturated/α-hetero) is 1. The van der Waals surface area contributed by atoms with Gasteiger partial charge in [0.2, 0.25) is 0 Å². The summed E-state index contributed by atoms with van der Waals surface area (Å²) in [5.74, 6) is -7.07. The third-order valence-electron chi connectivity index (χ3n) is 14.2. The second-order valence-corrected chi connectivity index (χ2v) is 19.1. The van der Waals surface area contributed by atoms with Crippen LogP contribution in [0.4, 0.5) is 17.1 Å². The first-order valence-electron chi connectivity index (χ1n) is 23.1. The van der Waals surface area contributed by atoms with E-state index in [1.54, 1.807) is 72.1 Å². The number of aliphatic imine (C=N–C) groups is 1. The number of anilines is 2. The number of aliphatic hydroxyl groups excluding tert-OH is 2. The number of amides is 1. The summed E-state index contributed by atoms with van der Waals surface area (Å²) < 4.78 is 24.2. The Bertz CT molecular complexity index is 2810. The molecule has 5 heterocycles. The van der Waals surface area contributed by atoms with Gasteiger partial charge in [-0.25, -0.2) is 0 Å². The summed E-state index contributed by atoms with van der Waals surface area (Å²) in [7, 11) is 1.47. The molecule has 16 heteroatoms. The molecule has 8 rings (SSSR count). The summed E-state index contributed by atoms with van der Waals surface area (Å²) >= 11 is 0. The zero-order chi connectivity index (χ0) is 49.0. The number of rotatable bonds is 4. The molecule has 1 spiro atoms. The van der Waals surface area contributed by atoms with Crippen molar-refractivity contribution in [3.05, 3.63) is 89.4 Å². The van der Waals surface area contributed by atoms with Gasteiger partial charge in [0.15, 0.2) is 5.75 Å². The number of ether oxygens (including phenoxy) is 4. The molecule has 4 bridgehead atoms. The first kappa shape index (κ1) is 48.1. The van der Waals surface area contributed by atoms with Gasteiger partial charge in [-0.05, 0) is 44.0 Å². The van der Waals surface area contributed by atoms with Crippen molar-refractivity contribution in [2.24, 2.45) is 28.7 Å². The maximum Gasteiger partial charge on any atom is 0.312 e. The van der Waals surface area contributed by atoms with Gasteiger partial charge < -0.3 is 50.0 Å². The molecule has 0 saturated carbocycles. The largest absolute Gasteiger partial charge is 0.507 e. The maximum absolute atomic E-state index is 15.0. The van der Waals surface area contributed by atoms with Crippen molar-refractivity contribution in [3.63, 3.8) is 0 Å². The van der Waals surface area contributed by atoms with Crippen LogP contribution in [0.25, 0.3) is 21.7 Å². The van der Waals surface area contributed by atoms with Crippen molar-refractivity contribution in [1.82, 2.24) is 9.88 Å². The lowest BCUT2D eigenvalue weighted by molar-refractivity contribution is -0.160. The Kier molecular flexibility index (Phi) is 13.2. The molecule has 1 aromatic heterocycles. The van der Waals surface area contributed by atoms with Gasteiger partial charge >= 0.3 is 11.8 Å². The molecule has 1 amide bonds. The smallest absolute Gasteiger partial charge is 0.312 e. The second-order valence-electron chi connectivity index (χ2n) is 19.1. The lowest BCUT2D eigenvalue weighted by atomic mass is 9.78. The minimum absolute atomic E-state index is 0.0305. The van der Waals surface area contributed by atoms with E-state index < -0.39 is 82.8 Å². The minimum Gasteiger partial charge on any atom is -0.507 e. The number of carbonyl (C=O) groups excluding carboxylic acids is 3. The number of nitrogens with zero attached hydrogens (tertiary/aromatic N) is 3. The lowest BCUT2D eigenvalue weighted by Gasteiger charge is -2.38. The molecule has 4 aromatic rings. The topological polar surface area (TPSA) is 222 Å². The molecule has 3 aromatic carbocycles. The number of nitrogens with one attached hydrogen (secondary N) is 2. The van der Waals surface area contributed by atoms with Gasteiger partial charge in [-0.2, -0.15) is 0 Å². The Balaban J connectivity index is 1.24. The number of pyridine rings is 1. The number of hydrogen-bond donors (Lipinski definition) is 6. The van der Waals surface area contributed by atoms with Crippen LogP contribution in [0.3, 0.4) is 0 Å². The number of hydrogen-bond acceptors (Lipinski definition) is 15. The molecule has 16 nitrogen and oxygen atoms in total. The number of ketones is 1. The summed E-state index contributed by atoms with van der Waals surface area (Å²) in [5.41, 5.74) is 1.92. The Labute approximate surface area is 395 Å². The molecular weight excluding hydrogens is 871 g/mol.